The molecule has 0 aliphatic carbocycles. The van der Waals surface area contributed by atoms with Crippen molar-refractivity contribution in [3.63, 3.8) is 0 Å². The van der Waals surface area contributed by atoms with Gasteiger partial charge < -0.3 is 9.64 Å². The van der Waals surface area contributed by atoms with Crippen LogP contribution in [-0.2, 0) is 20.3 Å². The summed E-state index contributed by atoms with van der Waals surface area (Å²) in [5, 5.41) is 0. The van der Waals surface area contributed by atoms with Crippen molar-refractivity contribution >= 4 is 31.5 Å². The second-order valence-corrected chi connectivity index (χ2v) is 8.39. The van der Waals surface area contributed by atoms with Gasteiger partial charge in [0, 0.05) is 23.2 Å². The molecule has 3 rings (SSSR count). The molecule has 0 saturated carbocycles. The van der Waals surface area contributed by atoms with E-state index in [1.807, 2.05) is 36.4 Å². The van der Waals surface area contributed by atoms with Crippen molar-refractivity contribution in [3.05, 3.63) is 58.6 Å². The van der Waals surface area contributed by atoms with E-state index in [-0.39, 0.29) is 5.75 Å². The van der Waals surface area contributed by atoms with Crippen LogP contribution in [0.5, 0.6) is 0 Å². The van der Waals surface area contributed by atoms with E-state index in [0.29, 0.717) is 18.1 Å². The van der Waals surface area contributed by atoms with Gasteiger partial charge >= 0.3 is 0 Å². The number of nitrogens with zero attached hydrogens (tertiary/aromatic N) is 1. The number of anilines is 1. The number of rotatable bonds is 4. The smallest absolute Gasteiger partial charge is 0.182 e. The van der Waals surface area contributed by atoms with Crippen molar-refractivity contribution in [2.75, 3.05) is 31.2 Å². The number of benzene rings is 2. The molecule has 1 heterocycles. The molecule has 0 atom stereocenters. The monoisotopic (exact) mass is 395 g/mol. The highest BCUT2D eigenvalue weighted by Gasteiger charge is 2.19. The molecule has 1 fully saturated rings. The Morgan fingerprint density at radius 3 is 2.43 bits per heavy atom. The van der Waals surface area contributed by atoms with Crippen LogP contribution in [0.4, 0.5) is 5.69 Å². The molecule has 0 amide bonds. The summed E-state index contributed by atoms with van der Waals surface area (Å²) < 4.78 is 31.6. The zero-order chi connectivity index (χ0) is 16.3. The molecule has 2 aromatic rings. The van der Waals surface area contributed by atoms with Crippen molar-refractivity contribution in [2.45, 2.75) is 10.6 Å². The summed E-state index contributed by atoms with van der Waals surface area (Å²) in [6.45, 7) is 2.88. The molecule has 122 valence electrons. The number of ether oxygens (including phenoxy) is 1. The van der Waals surface area contributed by atoms with Crippen molar-refractivity contribution in [2.24, 2.45) is 0 Å². The van der Waals surface area contributed by atoms with Crippen LogP contribution in [0.25, 0.3) is 0 Å². The third-order valence-corrected chi connectivity index (χ3v) is 5.92. The first-order chi connectivity index (χ1) is 11.0. The lowest BCUT2D eigenvalue weighted by molar-refractivity contribution is 0.122. The molecule has 0 radical (unpaired) electrons. The summed E-state index contributed by atoms with van der Waals surface area (Å²) in [5.41, 5.74) is 1.70. The van der Waals surface area contributed by atoms with Gasteiger partial charge in [0.15, 0.2) is 9.84 Å². The SMILES string of the molecule is O=S(=O)(Cc1ccccc1)c1cc(Br)cc(N2CCOCC2)c1. The van der Waals surface area contributed by atoms with E-state index in [9.17, 15) is 8.42 Å². The Hall–Kier alpha value is -1.37. The quantitative estimate of drug-likeness (QED) is 0.796. The Balaban J connectivity index is 1.90. The molecule has 1 aliphatic heterocycles. The molecule has 2 aromatic carbocycles. The summed E-state index contributed by atoms with van der Waals surface area (Å²) >= 11 is 3.44. The summed E-state index contributed by atoms with van der Waals surface area (Å²) in [7, 11) is -3.38. The fraction of sp³-hybridized carbons (Fsp3) is 0.294. The van der Waals surface area contributed by atoms with Crippen molar-refractivity contribution in [1.82, 2.24) is 0 Å². The second-order valence-electron chi connectivity index (χ2n) is 5.49. The van der Waals surface area contributed by atoms with Gasteiger partial charge in [0.2, 0.25) is 0 Å². The Labute approximate surface area is 145 Å². The second kappa shape index (κ2) is 7.03. The average Bonchev–Trinajstić information content (AvgIpc) is 2.56. The lowest BCUT2D eigenvalue weighted by Gasteiger charge is -2.29. The van der Waals surface area contributed by atoms with E-state index in [0.717, 1.165) is 28.8 Å². The minimum atomic E-state index is -3.38. The van der Waals surface area contributed by atoms with Crippen molar-refractivity contribution in [1.29, 1.82) is 0 Å². The summed E-state index contributed by atoms with van der Waals surface area (Å²) in [6.07, 6.45) is 0. The lowest BCUT2D eigenvalue weighted by atomic mass is 10.2. The minimum absolute atomic E-state index is 0.00679. The largest absolute Gasteiger partial charge is 0.378 e. The van der Waals surface area contributed by atoms with Crippen LogP contribution >= 0.6 is 15.9 Å². The highest BCUT2D eigenvalue weighted by molar-refractivity contribution is 9.10. The topological polar surface area (TPSA) is 46.6 Å². The maximum Gasteiger partial charge on any atom is 0.182 e. The molecular formula is C17H18BrNO3S. The fourth-order valence-electron chi connectivity index (χ4n) is 2.61. The molecule has 6 heteroatoms. The van der Waals surface area contributed by atoms with E-state index in [4.69, 9.17) is 4.74 Å². The highest BCUT2D eigenvalue weighted by atomic mass is 79.9. The maximum atomic E-state index is 12.7. The van der Waals surface area contributed by atoms with E-state index >= 15 is 0 Å². The minimum Gasteiger partial charge on any atom is -0.378 e. The van der Waals surface area contributed by atoms with Gasteiger partial charge in [0.1, 0.15) is 0 Å². The van der Waals surface area contributed by atoms with Gasteiger partial charge in [-0.05, 0) is 23.8 Å². The Bertz CT molecular complexity index is 772. The van der Waals surface area contributed by atoms with E-state index < -0.39 is 9.84 Å². The van der Waals surface area contributed by atoms with E-state index in [2.05, 4.69) is 20.8 Å². The molecule has 0 bridgehead atoms. The number of sulfone groups is 1. The lowest BCUT2D eigenvalue weighted by Crippen LogP contribution is -2.36. The standard InChI is InChI=1S/C17H18BrNO3S/c18-15-10-16(19-6-8-22-9-7-19)12-17(11-15)23(20,21)13-14-4-2-1-3-5-14/h1-5,10-12H,6-9,13H2. The van der Waals surface area contributed by atoms with Crippen LogP contribution in [0.3, 0.4) is 0 Å². The molecule has 0 N–H and O–H groups in total. The predicted octanol–water partition coefficient (Wildman–Crippen LogP) is 3.26. The Kier molecular flexibility index (Phi) is 5.04. The molecule has 4 nitrogen and oxygen atoms in total. The molecule has 0 spiro atoms. The average molecular weight is 396 g/mol. The summed E-state index contributed by atoms with van der Waals surface area (Å²) in [4.78, 5) is 2.49. The number of halogens is 1. The van der Waals surface area contributed by atoms with Crippen LogP contribution in [0.15, 0.2) is 57.9 Å². The Morgan fingerprint density at radius 1 is 1.04 bits per heavy atom. The fourth-order valence-corrected chi connectivity index (χ4v) is 4.65. The van der Waals surface area contributed by atoms with E-state index in [1.54, 1.807) is 12.1 Å². The molecule has 1 saturated heterocycles. The van der Waals surface area contributed by atoms with E-state index in [1.165, 1.54) is 0 Å². The van der Waals surface area contributed by atoms with Gasteiger partial charge in [0.05, 0.1) is 23.9 Å². The van der Waals surface area contributed by atoms with Crippen LogP contribution in [-0.4, -0.2) is 34.7 Å². The van der Waals surface area contributed by atoms with Crippen molar-refractivity contribution in [3.8, 4) is 0 Å². The molecule has 0 unspecified atom stereocenters. The highest BCUT2D eigenvalue weighted by Crippen LogP contribution is 2.28. The van der Waals surface area contributed by atoms with Gasteiger partial charge in [-0.3, -0.25) is 0 Å². The first-order valence-electron chi connectivity index (χ1n) is 7.44. The molecular weight excluding hydrogens is 378 g/mol. The van der Waals surface area contributed by atoms with Gasteiger partial charge in [-0.15, -0.1) is 0 Å². The number of hydrogen-bond acceptors (Lipinski definition) is 4. The zero-order valence-corrected chi connectivity index (χ0v) is 15.0. The number of hydrogen-bond donors (Lipinski definition) is 0. The third kappa shape index (κ3) is 4.13. The molecule has 1 aliphatic rings. The first-order valence-corrected chi connectivity index (χ1v) is 9.89. The summed E-state index contributed by atoms with van der Waals surface area (Å²) in [6, 6.07) is 14.6. The third-order valence-electron chi connectivity index (χ3n) is 3.79. The predicted molar refractivity (Wildman–Crippen MR) is 94.5 cm³/mol. The first kappa shape index (κ1) is 16.5. The van der Waals surface area contributed by atoms with Crippen LogP contribution in [0.1, 0.15) is 5.56 Å². The van der Waals surface area contributed by atoms with Gasteiger partial charge in [-0.2, -0.15) is 0 Å². The van der Waals surface area contributed by atoms with Gasteiger partial charge in [-0.25, -0.2) is 8.42 Å². The van der Waals surface area contributed by atoms with Crippen LogP contribution in [0, 0.1) is 0 Å². The van der Waals surface area contributed by atoms with Gasteiger partial charge in [0.25, 0.3) is 0 Å². The zero-order valence-electron chi connectivity index (χ0n) is 12.6. The maximum absolute atomic E-state index is 12.7. The molecule has 0 aromatic heterocycles. The van der Waals surface area contributed by atoms with Crippen LogP contribution < -0.4 is 4.90 Å². The number of morpholine rings is 1. The van der Waals surface area contributed by atoms with Crippen molar-refractivity contribution < 1.29 is 13.2 Å². The Morgan fingerprint density at radius 2 is 1.74 bits per heavy atom. The van der Waals surface area contributed by atoms with Crippen LogP contribution in [0.2, 0.25) is 0 Å². The van der Waals surface area contributed by atoms with Gasteiger partial charge in [-0.1, -0.05) is 46.3 Å². The molecule has 23 heavy (non-hydrogen) atoms. The normalized spacial score (nSPS) is 15.6. The summed E-state index contributed by atoms with van der Waals surface area (Å²) in [5.74, 6) is 0.00679.